The zero-order chi connectivity index (χ0) is 14.8. The summed E-state index contributed by atoms with van der Waals surface area (Å²) in [6.45, 7) is 9.03. The van der Waals surface area contributed by atoms with Crippen molar-refractivity contribution in [3.8, 4) is 0 Å². The second-order valence-corrected chi connectivity index (χ2v) is 6.67. The molecule has 0 atom stereocenters. The number of hydrogen-bond donors (Lipinski definition) is 2. The molecule has 0 aromatic carbocycles. The number of rotatable bonds is 4. The molecular formula is C16H27N3O. The molecule has 0 unspecified atom stereocenters. The standard InChI is InChI=1S/C16H27N3O/c1-11(2)14-9-13(4)18-15(19-14)17-10-16(20)7-5-12(3)6-8-16/h9,11-12,20H,5-8,10H2,1-4H3,(H,17,18,19). The Morgan fingerprint density at radius 3 is 2.60 bits per heavy atom. The summed E-state index contributed by atoms with van der Waals surface area (Å²) in [7, 11) is 0. The summed E-state index contributed by atoms with van der Waals surface area (Å²) in [6.07, 6.45) is 3.93. The van der Waals surface area contributed by atoms with E-state index in [1.54, 1.807) is 0 Å². The van der Waals surface area contributed by atoms with E-state index in [-0.39, 0.29) is 0 Å². The fourth-order valence-corrected chi connectivity index (χ4v) is 2.69. The Morgan fingerprint density at radius 2 is 2.00 bits per heavy atom. The van der Waals surface area contributed by atoms with Gasteiger partial charge in [-0.2, -0.15) is 0 Å². The van der Waals surface area contributed by atoms with Crippen molar-refractivity contribution in [1.82, 2.24) is 9.97 Å². The van der Waals surface area contributed by atoms with Crippen LogP contribution < -0.4 is 5.32 Å². The van der Waals surface area contributed by atoms with Crippen LogP contribution in [0.1, 0.15) is 63.8 Å². The Hall–Kier alpha value is -1.16. The number of hydrogen-bond acceptors (Lipinski definition) is 4. The van der Waals surface area contributed by atoms with Crippen molar-refractivity contribution in [1.29, 1.82) is 0 Å². The molecule has 112 valence electrons. The van der Waals surface area contributed by atoms with Crippen LogP contribution in [0.2, 0.25) is 0 Å². The Morgan fingerprint density at radius 1 is 1.35 bits per heavy atom. The minimum Gasteiger partial charge on any atom is -0.388 e. The number of aliphatic hydroxyl groups is 1. The molecule has 4 nitrogen and oxygen atoms in total. The van der Waals surface area contributed by atoms with Crippen LogP contribution in [0.5, 0.6) is 0 Å². The third-order valence-corrected chi connectivity index (χ3v) is 4.25. The molecule has 2 rings (SSSR count). The van der Waals surface area contributed by atoms with E-state index in [0.717, 1.165) is 43.0 Å². The van der Waals surface area contributed by atoms with Crippen LogP contribution in [0.3, 0.4) is 0 Å². The van der Waals surface area contributed by atoms with Gasteiger partial charge in [0.2, 0.25) is 5.95 Å². The van der Waals surface area contributed by atoms with Crippen LogP contribution >= 0.6 is 0 Å². The first-order valence-corrected chi connectivity index (χ1v) is 7.70. The van der Waals surface area contributed by atoms with E-state index in [4.69, 9.17) is 0 Å². The third kappa shape index (κ3) is 3.92. The van der Waals surface area contributed by atoms with Crippen LogP contribution in [0.25, 0.3) is 0 Å². The molecule has 1 heterocycles. The largest absolute Gasteiger partial charge is 0.388 e. The first-order valence-electron chi connectivity index (χ1n) is 7.70. The minimum atomic E-state index is -0.600. The van der Waals surface area contributed by atoms with Gasteiger partial charge in [-0.15, -0.1) is 0 Å². The molecule has 0 spiro atoms. The lowest BCUT2D eigenvalue weighted by Crippen LogP contribution is -2.40. The zero-order valence-electron chi connectivity index (χ0n) is 13.1. The van der Waals surface area contributed by atoms with Gasteiger partial charge in [-0.25, -0.2) is 9.97 Å². The molecule has 0 saturated heterocycles. The average molecular weight is 277 g/mol. The summed E-state index contributed by atoms with van der Waals surface area (Å²) in [6, 6.07) is 2.02. The number of nitrogens with one attached hydrogen (secondary N) is 1. The molecule has 1 aliphatic rings. The van der Waals surface area contributed by atoms with E-state index in [1.165, 1.54) is 0 Å². The lowest BCUT2D eigenvalue weighted by molar-refractivity contribution is 0.00487. The SMILES string of the molecule is Cc1cc(C(C)C)nc(NCC2(O)CCC(C)CC2)n1. The number of aryl methyl sites for hydroxylation is 1. The molecule has 1 aliphatic carbocycles. The monoisotopic (exact) mass is 277 g/mol. The summed E-state index contributed by atoms with van der Waals surface area (Å²) < 4.78 is 0. The van der Waals surface area contributed by atoms with E-state index < -0.39 is 5.60 Å². The highest BCUT2D eigenvalue weighted by atomic mass is 16.3. The highest BCUT2D eigenvalue weighted by Crippen LogP contribution is 2.31. The van der Waals surface area contributed by atoms with Crippen molar-refractivity contribution >= 4 is 5.95 Å². The molecule has 2 N–H and O–H groups in total. The van der Waals surface area contributed by atoms with Gasteiger partial charge in [-0.3, -0.25) is 0 Å². The lowest BCUT2D eigenvalue weighted by Gasteiger charge is -2.35. The summed E-state index contributed by atoms with van der Waals surface area (Å²) in [4.78, 5) is 8.94. The minimum absolute atomic E-state index is 0.385. The summed E-state index contributed by atoms with van der Waals surface area (Å²) >= 11 is 0. The van der Waals surface area contributed by atoms with E-state index in [1.807, 2.05) is 13.0 Å². The van der Waals surface area contributed by atoms with E-state index >= 15 is 0 Å². The van der Waals surface area contributed by atoms with Gasteiger partial charge in [-0.05, 0) is 50.5 Å². The van der Waals surface area contributed by atoms with Gasteiger partial charge in [0, 0.05) is 17.9 Å². The first kappa shape index (κ1) is 15.2. The van der Waals surface area contributed by atoms with Gasteiger partial charge in [0.05, 0.1) is 5.60 Å². The molecule has 0 bridgehead atoms. The predicted octanol–water partition coefficient (Wildman–Crippen LogP) is 3.26. The summed E-state index contributed by atoms with van der Waals surface area (Å²) in [5, 5.41) is 13.8. The molecule has 1 aromatic rings. The predicted molar refractivity (Wildman–Crippen MR) is 81.9 cm³/mol. The summed E-state index contributed by atoms with van der Waals surface area (Å²) in [5.41, 5.74) is 1.41. The summed E-state index contributed by atoms with van der Waals surface area (Å²) in [5.74, 6) is 1.76. The number of anilines is 1. The maximum Gasteiger partial charge on any atom is 0.223 e. The normalized spacial score (nSPS) is 26.8. The van der Waals surface area contributed by atoms with Crippen molar-refractivity contribution < 1.29 is 5.11 Å². The highest BCUT2D eigenvalue weighted by Gasteiger charge is 2.31. The fraction of sp³-hybridized carbons (Fsp3) is 0.750. The van der Waals surface area contributed by atoms with Gasteiger partial charge in [0.25, 0.3) is 0 Å². The van der Waals surface area contributed by atoms with Crippen molar-refractivity contribution in [2.24, 2.45) is 5.92 Å². The Bertz CT molecular complexity index is 451. The van der Waals surface area contributed by atoms with Gasteiger partial charge in [0.15, 0.2) is 0 Å². The van der Waals surface area contributed by atoms with Crippen LogP contribution in [0.15, 0.2) is 6.07 Å². The first-order chi connectivity index (χ1) is 9.38. The average Bonchev–Trinajstić information content (AvgIpc) is 2.40. The Kier molecular flexibility index (Phi) is 4.63. The molecule has 0 aliphatic heterocycles. The number of nitrogens with zero attached hydrogens (tertiary/aromatic N) is 2. The Labute approximate surface area is 122 Å². The van der Waals surface area contributed by atoms with E-state index in [2.05, 4.69) is 36.1 Å². The second kappa shape index (κ2) is 6.08. The molecule has 20 heavy (non-hydrogen) atoms. The smallest absolute Gasteiger partial charge is 0.223 e. The van der Waals surface area contributed by atoms with Gasteiger partial charge >= 0.3 is 0 Å². The maximum absolute atomic E-state index is 10.6. The molecular weight excluding hydrogens is 250 g/mol. The molecule has 1 fully saturated rings. The highest BCUT2D eigenvalue weighted by molar-refractivity contribution is 5.29. The van der Waals surface area contributed by atoms with Gasteiger partial charge in [0.1, 0.15) is 0 Å². The van der Waals surface area contributed by atoms with Crippen LogP contribution in [-0.2, 0) is 0 Å². The molecule has 1 aromatic heterocycles. The lowest BCUT2D eigenvalue weighted by atomic mass is 9.79. The topological polar surface area (TPSA) is 58.0 Å². The van der Waals surface area contributed by atoms with Gasteiger partial charge < -0.3 is 10.4 Å². The molecule has 0 amide bonds. The van der Waals surface area contributed by atoms with Crippen molar-refractivity contribution in [2.45, 2.75) is 64.9 Å². The van der Waals surface area contributed by atoms with Crippen LogP contribution in [-0.4, -0.2) is 27.2 Å². The maximum atomic E-state index is 10.6. The molecule has 0 radical (unpaired) electrons. The second-order valence-electron chi connectivity index (χ2n) is 6.67. The Balaban J connectivity index is 2.00. The van der Waals surface area contributed by atoms with Crippen molar-refractivity contribution in [3.05, 3.63) is 17.5 Å². The zero-order valence-corrected chi connectivity index (χ0v) is 13.1. The van der Waals surface area contributed by atoms with Crippen molar-refractivity contribution in [3.63, 3.8) is 0 Å². The van der Waals surface area contributed by atoms with Crippen LogP contribution in [0, 0.1) is 12.8 Å². The van der Waals surface area contributed by atoms with E-state index in [9.17, 15) is 5.11 Å². The fourth-order valence-electron chi connectivity index (χ4n) is 2.69. The molecule has 1 saturated carbocycles. The van der Waals surface area contributed by atoms with E-state index in [0.29, 0.717) is 18.4 Å². The third-order valence-electron chi connectivity index (χ3n) is 4.25. The number of aromatic nitrogens is 2. The quantitative estimate of drug-likeness (QED) is 0.887. The van der Waals surface area contributed by atoms with Crippen molar-refractivity contribution in [2.75, 3.05) is 11.9 Å². The van der Waals surface area contributed by atoms with Crippen LogP contribution in [0.4, 0.5) is 5.95 Å². The van der Waals surface area contributed by atoms with Gasteiger partial charge in [-0.1, -0.05) is 20.8 Å². The molecule has 4 heteroatoms.